The van der Waals surface area contributed by atoms with Crippen LogP contribution >= 0.6 is 11.3 Å². The van der Waals surface area contributed by atoms with Gasteiger partial charge in [-0.05, 0) is 35.4 Å². The van der Waals surface area contributed by atoms with Crippen molar-refractivity contribution in [3.8, 4) is 11.1 Å². The fraction of sp³-hybridized carbons (Fsp3) is 0.304. The number of hydrogen-bond acceptors (Lipinski definition) is 10. The molecule has 1 aliphatic heterocycles. The Balaban J connectivity index is 1.43. The van der Waals surface area contributed by atoms with Gasteiger partial charge in [0.25, 0.3) is 5.91 Å². The first kappa shape index (κ1) is 23.5. The standard InChI is InChI=1S/C23H23N5O5S2/c1-35(30,31)20(21-27-26-19(13-24)33-21)22-25-17-7-6-16(12-18(17)34-22)14-2-4-15(5-3-14)23(29)28-8-10-32-11-9-28/h2-7,12,20H,8-11,13,24H2,1H3. The summed E-state index contributed by atoms with van der Waals surface area (Å²) in [6.07, 6.45) is 1.11. The van der Waals surface area contributed by atoms with Crippen molar-refractivity contribution in [1.82, 2.24) is 20.1 Å². The topological polar surface area (TPSA) is 142 Å². The quantitative estimate of drug-likeness (QED) is 0.411. The van der Waals surface area contributed by atoms with Gasteiger partial charge in [0, 0.05) is 24.9 Å². The van der Waals surface area contributed by atoms with Crippen LogP contribution in [-0.2, 0) is 21.1 Å². The van der Waals surface area contributed by atoms with E-state index in [1.165, 1.54) is 11.3 Å². The van der Waals surface area contributed by atoms with Gasteiger partial charge in [-0.2, -0.15) is 0 Å². The average molecular weight is 514 g/mol. The number of sulfone groups is 1. The molecule has 1 fully saturated rings. The van der Waals surface area contributed by atoms with Crippen LogP contribution in [0.4, 0.5) is 0 Å². The highest BCUT2D eigenvalue weighted by molar-refractivity contribution is 7.91. The molecule has 35 heavy (non-hydrogen) atoms. The third-order valence-electron chi connectivity index (χ3n) is 5.70. The molecule has 5 rings (SSSR count). The minimum atomic E-state index is -3.63. The minimum absolute atomic E-state index is 0.00645. The van der Waals surface area contributed by atoms with Crippen molar-refractivity contribution in [2.75, 3.05) is 32.6 Å². The van der Waals surface area contributed by atoms with E-state index in [1.54, 1.807) is 4.90 Å². The van der Waals surface area contributed by atoms with Gasteiger partial charge in [-0.1, -0.05) is 18.2 Å². The average Bonchev–Trinajstić information content (AvgIpc) is 3.50. The summed E-state index contributed by atoms with van der Waals surface area (Å²) in [5, 5.41) is 6.84. The maximum absolute atomic E-state index is 12.7. The first-order chi connectivity index (χ1) is 16.8. The van der Waals surface area contributed by atoms with Crippen molar-refractivity contribution in [1.29, 1.82) is 0 Å². The fourth-order valence-corrected chi connectivity index (χ4v) is 6.45. The van der Waals surface area contributed by atoms with Gasteiger partial charge in [0.15, 0.2) is 15.1 Å². The number of hydrogen-bond donors (Lipinski definition) is 1. The molecular formula is C23H23N5O5S2. The summed E-state index contributed by atoms with van der Waals surface area (Å²) in [7, 11) is -3.63. The zero-order valence-corrected chi connectivity index (χ0v) is 20.5. The van der Waals surface area contributed by atoms with Crippen LogP contribution in [0.15, 0.2) is 46.9 Å². The second-order valence-electron chi connectivity index (χ2n) is 8.16. The highest BCUT2D eigenvalue weighted by atomic mass is 32.2. The second-order valence-corrected chi connectivity index (χ2v) is 11.4. The van der Waals surface area contributed by atoms with Gasteiger partial charge in [-0.3, -0.25) is 4.79 Å². The lowest BCUT2D eigenvalue weighted by molar-refractivity contribution is 0.0303. The summed E-state index contributed by atoms with van der Waals surface area (Å²) in [4.78, 5) is 19.0. The first-order valence-corrected chi connectivity index (χ1v) is 13.7. The smallest absolute Gasteiger partial charge is 0.254 e. The molecule has 1 aliphatic rings. The number of carbonyl (C=O) groups is 1. The maximum atomic E-state index is 12.7. The lowest BCUT2D eigenvalue weighted by atomic mass is 10.0. The number of ether oxygens (including phenoxy) is 1. The van der Waals surface area contributed by atoms with Gasteiger partial charge < -0.3 is 19.8 Å². The van der Waals surface area contributed by atoms with E-state index in [1.807, 2.05) is 42.5 Å². The van der Waals surface area contributed by atoms with Gasteiger partial charge in [0.05, 0.1) is 30.0 Å². The normalized spacial score (nSPS) is 15.4. The van der Waals surface area contributed by atoms with E-state index in [0.717, 1.165) is 22.1 Å². The molecule has 0 spiro atoms. The number of aromatic nitrogens is 3. The Morgan fingerprint density at radius 1 is 1.11 bits per heavy atom. The number of morpholine rings is 1. The molecule has 3 heterocycles. The van der Waals surface area contributed by atoms with Crippen LogP contribution < -0.4 is 5.73 Å². The van der Waals surface area contributed by atoms with Crippen LogP contribution in [0.2, 0.25) is 0 Å². The molecule has 0 bridgehead atoms. The number of thiazole rings is 1. The third kappa shape index (κ3) is 4.82. The molecule has 1 amide bonds. The molecule has 4 aromatic rings. The lowest BCUT2D eigenvalue weighted by Gasteiger charge is -2.26. The van der Waals surface area contributed by atoms with Gasteiger partial charge in [0.1, 0.15) is 5.01 Å². The molecule has 0 aliphatic carbocycles. The van der Waals surface area contributed by atoms with Crippen molar-refractivity contribution < 1.29 is 22.4 Å². The zero-order chi connectivity index (χ0) is 24.6. The van der Waals surface area contributed by atoms with Crippen molar-refractivity contribution >= 4 is 37.3 Å². The molecule has 12 heteroatoms. The highest BCUT2D eigenvalue weighted by Crippen LogP contribution is 2.36. The molecular weight excluding hydrogens is 490 g/mol. The lowest BCUT2D eigenvalue weighted by Crippen LogP contribution is -2.40. The number of nitrogens with zero attached hydrogens (tertiary/aromatic N) is 4. The highest BCUT2D eigenvalue weighted by Gasteiger charge is 2.33. The summed E-state index contributed by atoms with van der Waals surface area (Å²) in [6.45, 7) is 2.32. The number of rotatable bonds is 6. The van der Waals surface area contributed by atoms with Crippen LogP contribution in [0, 0.1) is 0 Å². The Bertz CT molecular complexity index is 1470. The number of benzene rings is 2. The Kier molecular flexibility index (Phi) is 6.36. The molecule has 10 nitrogen and oxygen atoms in total. The molecule has 182 valence electrons. The molecule has 2 aromatic carbocycles. The largest absolute Gasteiger partial charge is 0.422 e. The van der Waals surface area contributed by atoms with Crippen LogP contribution in [0.1, 0.15) is 32.4 Å². The van der Waals surface area contributed by atoms with Gasteiger partial charge in [-0.15, -0.1) is 21.5 Å². The Morgan fingerprint density at radius 2 is 1.83 bits per heavy atom. The molecule has 2 aromatic heterocycles. The summed E-state index contributed by atoms with van der Waals surface area (Å²) in [6, 6.07) is 13.2. The Hall–Kier alpha value is -3.19. The third-order valence-corrected chi connectivity index (χ3v) is 8.22. The molecule has 1 unspecified atom stereocenters. The van der Waals surface area contributed by atoms with E-state index in [2.05, 4.69) is 15.2 Å². The van der Waals surface area contributed by atoms with E-state index in [0.29, 0.717) is 42.4 Å². The number of fused-ring (bicyclic) bond motifs is 1. The minimum Gasteiger partial charge on any atom is -0.422 e. The van der Waals surface area contributed by atoms with Crippen molar-refractivity contribution in [2.24, 2.45) is 5.73 Å². The Morgan fingerprint density at radius 3 is 2.49 bits per heavy atom. The van der Waals surface area contributed by atoms with Crippen LogP contribution in [0.5, 0.6) is 0 Å². The summed E-state index contributed by atoms with van der Waals surface area (Å²) in [5.74, 6) is 0.105. The van der Waals surface area contributed by atoms with Crippen LogP contribution in [0.3, 0.4) is 0 Å². The van der Waals surface area contributed by atoms with Gasteiger partial charge in [-0.25, -0.2) is 13.4 Å². The predicted molar refractivity (Wildman–Crippen MR) is 131 cm³/mol. The zero-order valence-electron chi connectivity index (χ0n) is 18.9. The SMILES string of the molecule is CS(=O)(=O)C(c1nnc(CN)o1)c1nc2ccc(-c3ccc(C(=O)N4CCOCC4)cc3)cc2s1. The monoisotopic (exact) mass is 513 g/mol. The van der Waals surface area contributed by atoms with Crippen molar-refractivity contribution in [2.45, 2.75) is 11.8 Å². The number of carbonyl (C=O) groups excluding carboxylic acids is 1. The van der Waals surface area contributed by atoms with E-state index in [4.69, 9.17) is 14.9 Å². The van der Waals surface area contributed by atoms with E-state index < -0.39 is 15.1 Å². The number of nitrogens with two attached hydrogens (primary N) is 1. The molecule has 0 saturated carbocycles. The number of amides is 1. The van der Waals surface area contributed by atoms with Crippen molar-refractivity contribution in [3.63, 3.8) is 0 Å². The fourth-order valence-electron chi connectivity index (χ4n) is 3.92. The molecule has 1 saturated heterocycles. The molecule has 2 N–H and O–H groups in total. The molecule has 0 radical (unpaired) electrons. The second kappa shape index (κ2) is 9.46. The molecule has 1 atom stereocenters. The maximum Gasteiger partial charge on any atom is 0.254 e. The van der Waals surface area contributed by atoms with Crippen LogP contribution in [-0.4, -0.2) is 67.0 Å². The van der Waals surface area contributed by atoms with Crippen LogP contribution in [0.25, 0.3) is 21.3 Å². The Labute approximate surface area is 205 Å². The first-order valence-electron chi connectivity index (χ1n) is 10.9. The summed E-state index contributed by atoms with van der Waals surface area (Å²) < 4.78 is 36.7. The van der Waals surface area contributed by atoms with E-state index >= 15 is 0 Å². The van der Waals surface area contributed by atoms with Gasteiger partial charge >= 0.3 is 0 Å². The van der Waals surface area contributed by atoms with Crippen molar-refractivity contribution in [3.05, 3.63) is 64.8 Å². The van der Waals surface area contributed by atoms with Gasteiger partial charge in [0.2, 0.25) is 11.8 Å². The van der Waals surface area contributed by atoms with E-state index in [-0.39, 0.29) is 24.2 Å². The summed E-state index contributed by atoms with van der Waals surface area (Å²) >= 11 is 1.26. The predicted octanol–water partition coefficient (Wildman–Crippen LogP) is 2.41. The summed E-state index contributed by atoms with van der Waals surface area (Å²) in [5.41, 5.74) is 8.68. The van der Waals surface area contributed by atoms with E-state index in [9.17, 15) is 13.2 Å².